The Balaban J connectivity index is 1.43. The van der Waals surface area contributed by atoms with Gasteiger partial charge in [0.15, 0.2) is 5.96 Å². The number of rotatable bonds is 8. The first-order valence-corrected chi connectivity index (χ1v) is 10.4. The molecule has 7 nitrogen and oxygen atoms in total. The smallest absolute Gasteiger partial charge is 0.191 e. The first-order valence-electron chi connectivity index (χ1n) is 9.52. The summed E-state index contributed by atoms with van der Waals surface area (Å²) >= 11 is 1.69. The molecule has 2 heterocycles. The Kier molecular flexibility index (Phi) is 7.13. The van der Waals surface area contributed by atoms with Gasteiger partial charge in [-0.15, -0.1) is 21.5 Å². The number of guanidine groups is 1. The van der Waals surface area contributed by atoms with Gasteiger partial charge in [-0.25, -0.2) is 4.98 Å². The molecule has 0 fully saturated rings. The summed E-state index contributed by atoms with van der Waals surface area (Å²) in [5.41, 5.74) is 3.53. The molecule has 8 heteroatoms. The predicted octanol–water partition coefficient (Wildman–Crippen LogP) is 2.68. The highest BCUT2D eigenvalue weighted by atomic mass is 32.1. The van der Waals surface area contributed by atoms with Gasteiger partial charge >= 0.3 is 0 Å². The van der Waals surface area contributed by atoms with Gasteiger partial charge < -0.3 is 15.2 Å². The molecule has 0 bridgehead atoms. The van der Waals surface area contributed by atoms with Crippen molar-refractivity contribution in [3.05, 3.63) is 53.1 Å². The van der Waals surface area contributed by atoms with Crippen LogP contribution in [0.3, 0.4) is 0 Å². The summed E-state index contributed by atoms with van der Waals surface area (Å²) in [5.74, 6) is 1.79. The molecule has 3 rings (SSSR count). The lowest BCUT2D eigenvalue weighted by Gasteiger charge is -2.12. The maximum Gasteiger partial charge on any atom is 0.191 e. The van der Waals surface area contributed by atoms with Crippen molar-refractivity contribution < 1.29 is 0 Å². The number of hydrogen-bond donors (Lipinski definition) is 2. The minimum atomic E-state index is 0.763. The van der Waals surface area contributed by atoms with Crippen molar-refractivity contribution in [2.75, 3.05) is 20.1 Å². The highest BCUT2D eigenvalue weighted by Crippen LogP contribution is 2.24. The van der Waals surface area contributed by atoms with E-state index in [0.29, 0.717) is 0 Å². The number of aryl methyl sites for hydroxylation is 2. The van der Waals surface area contributed by atoms with E-state index in [1.807, 2.05) is 0 Å². The molecule has 0 atom stereocenters. The fraction of sp³-hybridized carbons (Fsp3) is 0.400. The monoisotopic (exact) mass is 397 g/mol. The molecule has 3 aromatic rings. The number of thiazole rings is 1. The van der Waals surface area contributed by atoms with E-state index in [4.69, 9.17) is 4.98 Å². The fourth-order valence-electron chi connectivity index (χ4n) is 2.81. The van der Waals surface area contributed by atoms with Gasteiger partial charge in [0.25, 0.3) is 0 Å². The summed E-state index contributed by atoms with van der Waals surface area (Å²) in [7, 11) is 1.78. The third-order valence-electron chi connectivity index (χ3n) is 4.40. The van der Waals surface area contributed by atoms with Gasteiger partial charge in [-0.1, -0.05) is 36.8 Å². The van der Waals surface area contributed by atoms with Crippen molar-refractivity contribution in [1.29, 1.82) is 0 Å². The van der Waals surface area contributed by atoms with Gasteiger partial charge in [-0.3, -0.25) is 4.99 Å². The van der Waals surface area contributed by atoms with Gasteiger partial charge in [0.05, 0.1) is 5.69 Å². The number of benzene rings is 1. The highest BCUT2D eigenvalue weighted by Gasteiger charge is 2.06. The molecule has 0 aliphatic rings. The van der Waals surface area contributed by atoms with Crippen LogP contribution < -0.4 is 10.6 Å². The first kappa shape index (κ1) is 20.0. The number of nitrogens with one attached hydrogen (secondary N) is 2. The van der Waals surface area contributed by atoms with Crippen molar-refractivity contribution in [2.24, 2.45) is 4.99 Å². The summed E-state index contributed by atoms with van der Waals surface area (Å²) < 4.78 is 2.06. The molecule has 0 aliphatic carbocycles. The maximum absolute atomic E-state index is 4.75. The Morgan fingerprint density at radius 3 is 2.71 bits per heavy atom. The number of aliphatic imine (C=N–C) groups is 1. The fourth-order valence-corrected chi connectivity index (χ4v) is 3.67. The molecule has 0 spiro atoms. The standard InChI is InChI=1S/C20H27N7S/c1-4-18-26-24-14-27(18)12-11-23-20(21-3)22-10-9-17-13-28-19(25-17)16-7-5-15(2)6-8-16/h5-8,13-14H,4,9-12H2,1-3H3,(H2,21,22,23). The molecule has 0 radical (unpaired) electrons. The molecule has 28 heavy (non-hydrogen) atoms. The lowest BCUT2D eigenvalue weighted by Crippen LogP contribution is -2.39. The number of hydrogen-bond acceptors (Lipinski definition) is 5. The SMILES string of the molecule is CCc1nncn1CCNC(=NC)NCCc1csc(-c2ccc(C)cc2)n1. The van der Waals surface area contributed by atoms with E-state index in [9.17, 15) is 0 Å². The minimum absolute atomic E-state index is 0.763. The van der Waals surface area contributed by atoms with E-state index in [2.05, 4.69) is 73.9 Å². The van der Waals surface area contributed by atoms with E-state index >= 15 is 0 Å². The van der Waals surface area contributed by atoms with Gasteiger partial charge in [0.2, 0.25) is 0 Å². The van der Waals surface area contributed by atoms with Crippen LogP contribution in [0, 0.1) is 6.92 Å². The van der Waals surface area contributed by atoms with Crippen molar-refractivity contribution >= 4 is 17.3 Å². The topological polar surface area (TPSA) is 80.0 Å². The minimum Gasteiger partial charge on any atom is -0.356 e. The third kappa shape index (κ3) is 5.39. The average Bonchev–Trinajstić information content (AvgIpc) is 3.36. The molecule has 1 aromatic carbocycles. The van der Waals surface area contributed by atoms with Crippen LogP contribution in [-0.4, -0.2) is 45.8 Å². The molecule has 0 amide bonds. The average molecular weight is 398 g/mol. The molecule has 0 saturated carbocycles. The Morgan fingerprint density at radius 1 is 1.18 bits per heavy atom. The molecule has 148 valence electrons. The summed E-state index contributed by atoms with van der Waals surface area (Å²) in [5, 5.41) is 17.9. The van der Waals surface area contributed by atoms with Crippen LogP contribution in [0.2, 0.25) is 0 Å². The molecular weight excluding hydrogens is 370 g/mol. The van der Waals surface area contributed by atoms with Crippen LogP contribution in [0.4, 0.5) is 0 Å². The molecule has 2 aromatic heterocycles. The van der Waals surface area contributed by atoms with E-state index in [0.717, 1.165) is 55.0 Å². The zero-order chi connectivity index (χ0) is 19.8. The largest absolute Gasteiger partial charge is 0.356 e. The van der Waals surface area contributed by atoms with E-state index < -0.39 is 0 Å². The van der Waals surface area contributed by atoms with Crippen molar-refractivity contribution in [1.82, 2.24) is 30.4 Å². The predicted molar refractivity (Wildman–Crippen MR) is 115 cm³/mol. The van der Waals surface area contributed by atoms with Gasteiger partial charge in [0, 0.05) is 50.5 Å². The zero-order valence-corrected chi connectivity index (χ0v) is 17.5. The molecule has 0 unspecified atom stereocenters. The molecular formula is C20H27N7S. The number of nitrogens with zero attached hydrogens (tertiary/aromatic N) is 5. The summed E-state index contributed by atoms with van der Waals surface area (Å²) in [6, 6.07) is 8.50. The second-order valence-corrected chi connectivity index (χ2v) is 7.34. The summed E-state index contributed by atoms with van der Waals surface area (Å²) in [6.07, 6.45) is 3.50. The Morgan fingerprint density at radius 2 is 1.96 bits per heavy atom. The summed E-state index contributed by atoms with van der Waals surface area (Å²) in [6.45, 7) is 6.53. The second-order valence-electron chi connectivity index (χ2n) is 6.48. The number of aromatic nitrogens is 4. The normalized spacial score (nSPS) is 11.6. The molecule has 2 N–H and O–H groups in total. The Labute approximate surface area is 170 Å². The van der Waals surface area contributed by atoms with Crippen molar-refractivity contribution in [2.45, 2.75) is 33.2 Å². The first-order chi connectivity index (χ1) is 13.7. The Bertz CT molecular complexity index is 895. The van der Waals surface area contributed by atoms with E-state index in [1.54, 1.807) is 24.7 Å². The van der Waals surface area contributed by atoms with Crippen LogP contribution in [-0.2, 0) is 19.4 Å². The van der Waals surface area contributed by atoms with Crippen molar-refractivity contribution in [3.8, 4) is 10.6 Å². The van der Waals surface area contributed by atoms with Crippen molar-refractivity contribution in [3.63, 3.8) is 0 Å². The lowest BCUT2D eigenvalue weighted by molar-refractivity contribution is 0.632. The van der Waals surface area contributed by atoms with Crippen LogP contribution >= 0.6 is 11.3 Å². The van der Waals surface area contributed by atoms with Crippen LogP contribution in [0.5, 0.6) is 0 Å². The third-order valence-corrected chi connectivity index (χ3v) is 5.34. The van der Waals surface area contributed by atoms with Crippen LogP contribution in [0.25, 0.3) is 10.6 Å². The zero-order valence-electron chi connectivity index (χ0n) is 16.6. The van der Waals surface area contributed by atoms with Gasteiger partial charge in [-0.05, 0) is 6.92 Å². The van der Waals surface area contributed by atoms with E-state index in [1.165, 1.54) is 11.1 Å². The lowest BCUT2D eigenvalue weighted by atomic mass is 10.2. The van der Waals surface area contributed by atoms with Gasteiger partial charge in [0.1, 0.15) is 17.2 Å². The van der Waals surface area contributed by atoms with Crippen LogP contribution in [0.1, 0.15) is 24.0 Å². The second kappa shape index (κ2) is 9.98. The van der Waals surface area contributed by atoms with Gasteiger partial charge in [-0.2, -0.15) is 0 Å². The quantitative estimate of drug-likeness (QED) is 0.451. The Hall–Kier alpha value is -2.74. The summed E-state index contributed by atoms with van der Waals surface area (Å²) in [4.78, 5) is 9.03. The highest BCUT2D eigenvalue weighted by molar-refractivity contribution is 7.13. The van der Waals surface area contributed by atoms with Crippen LogP contribution in [0.15, 0.2) is 41.0 Å². The molecule has 0 aliphatic heterocycles. The maximum atomic E-state index is 4.75. The van der Waals surface area contributed by atoms with E-state index in [-0.39, 0.29) is 0 Å². The molecule has 0 saturated heterocycles.